The molecule has 0 unspecified atom stereocenters. The first kappa shape index (κ1) is 18.0. The second-order valence-electron chi connectivity index (χ2n) is 8.85. The Balaban J connectivity index is 1.65. The third-order valence-corrected chi connectivity index (χ3v) is 7.02. The van der Waals surface area contributed by atoms with E-state index >= 15 is 0 Å². The summed E-state index contributed by atoms with van der Waals surface area (Å²) in [6.07, 6.45) is 3.07. The van der Waals surface area contributed by atoms with E-state index in [1.807, 2.05) is 36.4 Å². The minimum Gasteiger partial charge on any atom is -0.333 e. The number of fused-ring (bicyclic) bond motifs is 2. The van der Waals surface area contributed by atoms with Gasteiger partial charge in [-0.25, -0.2) is 0 Å². The third-order valence-electron chi connectivity index (χ3n) is 7.02. The van der Waals surface area contributed by atoms with Gasteiger partial charge in [0, 0.05) is 13.1 Å². The van der Waals surface area contributed by atoms with Gasteiger partial charge in [-0.3, -0.25) is 4.79 Å². The summed E-state index contributed by atoms with van der Waals surface area (Å²) in [5, 5.41) is 0. The van der Waals surface area contributed by atoms with E-state index in [1.165, 1.54) is 11.1 Å². The van der Waals surface area contributed by atoms with Gasteiger partial charge >= 0.3 is 0 Å². The van der Waals surface area contributed by atoms with E-state index in [9.17, 15) is 4.79 Å². The first-order valence-electron chi connectivity index (χ1n) is 10.0. The smallest absolute Gasteiger partial charge is 0.233 e. The number of benzene rings is 2. The van der Waals surface area contributed by atoms with Crippen LogP contribution in [0.2, 0.25) is 0 Å². The van der Waals surface area contributed by atoms with Crippen LogP contribution >= 0.6 is 0 Å². The highest BCUT2D eigenvalue weighted by Gasteiger charge is 2.61. The second-order valence-corrected chi connectivity index (χ2v) is 8.85. The van der Waals surface area contributed by atoms with Crippen molar-refractivity contribution in [3.63, 3.8) is 0 Å². The van der Waals surface area contributed by atoms with Crippen molar-refractivity contribution in [2.24, 2.45) is 16.7 Å². The lowest BCUT2D eigenvalue weighted by Crippen LogP contribution is -2.43. The topological polar surface area (TPSA) is 20.3 Å². The van der Waals surface area contributed by atoms with Crippen LogP contribution in [0.15, 0.2) is 72.8 Å². The van der Waals surface area contributed by atoms with Gasteiger partial charge < -0.3 is 4.90 Å². The molecule has 1 amide bonds. The van der Waals surface area contributed by atoms with Crippen LogP contribution in [0.3, 0.4) is 0 Å². The van der Waals surface area contributed by atoms with Gasteiger partial charge in [0.25, 0.3) is 0 Å². The Kier molecular flexibility index (Phi) is 4.46. The van der Waals surface area contributed by atoms with E-state index in [-0.39, 0.29) is 16.7 Å². The van der Waals surface area contributed by atoms with Crippen molar-refractivity contribution in [3.8, 4) is 0 Å². The molecule has 2 saturated carbocycles. The summed E-state index contributed by atoms with van der Waals surface area (Å²) in [5.41, 5.74) is 3.21. The molecular weight excluding hydrogens is 330 g/mol. The molecule has 0 spiro atoms. The summed E-state index contributed by atoms with van der Waals surface area (Å²) >= 11 is 0. The molecule has 2 heteroatoms. The Labute approximate surface area is 162 Å². The zero-order valence-electron chi connectivity index (χ0n) is 16.4. The van der Waals surface area contributed by atoms with Gasteiger partial charge in [-0.05, 0) is 41.7 Å². The molecule has 2 aromatic carbocycles. The lowest BCUT2D eigenvalue weighted by atomic mass is 9.68. The maximum absolute atomic E-state index is 13.9. The van der Waals surface area contributed by atoms with E-state index in [2.05, 4.69) is 49.6 Å². The standard InChI is InChI=1S/C25H29NO/c1-19-24(2,3)22-14-15-25(19,16-22)23(27)26(17-20-10-6-4-7-11-20)18-21-12-8-5-9-13-21/h4-13,22H,1,14-18H2,2-3H3/t22-,25+/m1/s1. The van der Waals surface area contributed by atoms with Gasteiger partial charge in [0.15, 0.2) is 0 Å². The minimum absolute atomic E-state index is 0.0685. The van der Waals surface area contributed by atoms with E-state index in [4.69, 9.17) is 0 Å². The lowest BCUT2D eigenvalue weighted by molar-refractivity contribution is -0.141. The molecule has 4 rings (SSSR count). The van der Waals surface area contributed by atoms with Crippen LogP contribution in [0, 0.1) is 16.7 Å². The summed E-state index contributed by atoms with van der Waals surface area (Å²) < 4.78 is 0. The van der Waals surface area contributed by atoms with Crippen molar-refractivity contribution in [1.82, 2.24) is 4.90 Å². The molecule has 2 bridgehead atoms. The first-order chi connectivity index (χ1) is 12.9. The number of carbonyl (C=O) groups is 1. The highest BCUT2D eigenvalue weighted by atomic mass is 16.2. The molecule has 0 N–H and O–H groups in total. The largest absolute Gasteiger partial charge is 0.333 e. The fourth-order valence-electron chi connectivity index (χ4n) is 5.23. The average molecular weight is 360 g/mol. The number of hydrogen-bond acceptors (Lipinski definition) is 1. The number of hydrogen-bond donors (Lipinski definition) is 0. The molecule has 0 heterocycles. The molecule has 2 fully saturated rings. The molecule has 27 heavy (non-hydrogen) atoms. The molecule has 0 aromatic heterocycles. The van der Waals surface area contributed by atoms with Crippen molar-refractivity contribution in [2.75, 3.05) is 0 Å². The highest BCUT2D eigenvalue weighted by molar-refractivity contribution is 5.87. The van der Waals surface area contributed by atoms with Gasteiger partial charge in [-0.15, -0.1) is 0 Å². The monoisotopic (exact) mass is 359 g/mol. The number of rotatable bonds is 5. The Morgan fingerprint density at radius 1 is 1.00 bits per heavy atom. The van der Waals surface area contributed by atoms with Crippen molar-refractivity contribution in [1.29, 1.82) is 0 Å². The van der Waals surface area contributed by atoms with Crippen LogP contribution in [-0.2, 0) is 17.9 Å². The van der Waals surface area contributed by atoms with Crippen molar-refractivity contribution >= 4 is 5.91 Å². The quantitative estimate of drug-likeness (QED) is 0.637. The molecule has 2 atom stereocenters. The fourth-order valence-corrected chi connectivity index (χ4v) is 5.23. The summed E-state index contributed by atoms with van der Waals surface area (Å²) in [6, 6.07) is 20.6. The molecule has 2 nitrogen and oxygen atoms in total. The van der Waals surface area contributed by atoms with E-state index < -0.39 is 0 Å². The molecule has 140 valence electrons. The molecule has 0 aliphatic heterocycles. The van der Waals surface area contributed by atoms with Crippen molar-refractivity contribution < 1.29 is 4.79 Å². The zero-order valence-corrected chi connectivity index (χ0v) is 16.4. The highest BCUT2D eigenvalue weighted by Crippen LogP contribution is 2.66. The Bertz CT molecular complexity index is 798. The maximum atomic E-state index is 13.9. The van der Waals surface area contributed by atoms with Crippen LogP contribution in [0.5, 0.6) is 0 Å². The molecule has 2 aliphatic rings. The summed E-state index contributed by atoms with van der Waals surface area (Å²) in [6.45, 7) is 10.3. The Hall–Kier alpha value is -2.35. The molecule has 0 radical (unpaired) electrons. The second kappa shape index (κ2) is 6.67. The summed E-state index contributed by atoms with van der Waals surface area (Å²) in [7, 11) is 0. The zero-order chi connectivity index (χ0) is 19.1. The van der Waals surface area contributed by atoms with Crippen LogP contribution in [0.25, 0.3) is 0 Å². The lowest BCUT2D eigenvalue weighted by Gasteiger charge is -2.40. The van der Waals surface area contributed by atoms with E-state index in [0.29, 0.717) is 19.0 Å². The van der Waals surface area contributed by atoms with Crippen LogP contribution in [-0.4, -0.2) is 10.8 Å². The molecule has 0 saturated heterocycles. The molecule has 2 aromatic rings. The average Bonchev–Trinajstić information content (AvgIpc) is 3.21. The summed E-state index contributed by atoms with van der Waals surface area (Å²) in [5.74, 6) is 0.859. The Morgan fingerprint density at radius 3 is 1.96 bits per heavy atom. The summed E-state index contributed by atoms with van der Waals surface area (Å²) in [4.78, 5) is 16.0. The third kappa shape index (κ3) is 3.01. The van der Waals surface area contributed by atoms with E-state index in [0.717, 1.165) is 24.8 Å². The SMILES string of the molecule is C=C1C(C)(C)[C@@H]2CC[C@]1(C(=O)N(Cc1ccccc1)Cc1ccccc1)C2. The fraction of sp³-hybridized carbons (Fsp3) is 0.400. The molecular formula is C25H29NO. The predicted octanol–water partition coefficient (Wildman–Crippen LogP) is 5.60. The van der Waals surface area contributed by atoms with E-state index in [1.54, 1.807) is 0 Å². The predicted molar refractivity (Wildman–Crippen MR) is 110 cm³/mol. The van der Waals surface area contributed by atoms with Gasteiger partial charge in [0.05, 0.1) is 5.41 Å². The van der Waals surface area contributed by atoms with Gasteiger partial charge in [0.2, 0.25) is 5.91 Å². The van der Waals surface area contributed by atoms with Gasteiger partial charge in [0.1, 0.15) is 0 Å². The number of carbonyl (C=O) groups excluding carboxylic acids is 1. The van der Waals surface area contributed by atoms with Gasteiger partial charge in [-0.1, -0.05) is 86.7 Å². The van der Waals surface area contributed by atoms with Crippen LogP contribution in [0.1, 0.15) is 44.2 Å². The normalized spacial score (nSPS) is 25.6. The van der Waals surface area contributed by atoms with Gasteiger partial charge in [-0.2, -0.15) is 0 Å². The maximum Gasteiger partial charge on any atom is 0.233 e. The van der Waals surface area contributed by atoms with Crippen LogP contribution in [0.4, 0.5) is 0 Å². The number of nitrogens with zero attached hydrogens (tertiary/aromatic N) is 1. The van der Waals surface area contributed by atoms with Crippen LogP contribution < -0.4 is 0 Å². The van der Waals surface area contributed by atoms with Crippen molar-refractivity contribution in [3.05, 3.63) is 83.9 Å². The number of amides is 1. The minimum atomic E-state index is -0.363. The molecule has 2 aliphatic carbocycles. The van der Waals surface area contributed by atoms with Crippen molar-refractivity contribution in [2.45, 2.75) is 46.2 Å². The first-order valence-corrected chi connectivity index (χ1v) is 10.0. The Morgan fingerprint density at radius 2 is 1.52 bits per heavy atom.